The molecule has 7 heteroatoms. The molecule has 0 aliphatic heterocycles. The summed E-state index contributed by atoms with van der Waals surface area (Å²) in [6, 6.07) is 14.1. The van der Waals surface area contributed by atoms with Gasteiger partial charge in [-0.15, -0.1) is 0 Å². The van der Waals surface area contributed by atoms with Crippen LogP contribution in [-0.2, 0) is 5.75 Å². The molecule has 0 bridgehead atoms. The van der Waals surface area contributed by atoms with E-state index in [9.17, 15) is 9.18 Å². The number of thiocarbonyl (C=S) groups is 1. The van der Waals surface area contributed by atoms with Gasteiger partial charge in [-0.1, -0.05) is 18.2 Å². The largest absolute Gasteiger partial charge is 0.362 e. The minimum Gasteiger partial charge on any atom is -0.362 e. The van der Waals surface area contributed by atoms with Crippen molar-refractivity contribution < 1.29 is 9.18 Å². The summed E-state index contributed by atoms with van der Waals surface area (Å²) in [6.07, 6.45) is 0.928. The standard InChI is InChI=1S/C20H24FN3OS2/c1-24(2)19(25)15-8-10-17(11-9-15)23-20(26)22-12-5-13-27-14-16-6-3-4-7-18(16)21/h3-4,6-11H,5,12-14H2,1-2H3,(H2,22,23,26). The first-order chi connectivity index (χ1) is 13.0. The minimum atomic E-state index is -0.146. The second-order valence-corrected chi connectivity index (χ2v) is 7.67. The molecular formula is C20H24FN3OS2. The molecule has 0 aromatic heterocycles. The molecule has 0 aliphatic rings. The van der Waals surface area contributed by atoms with Crippen molar-refractivity contribution in [3.05, 3.63) is 65.5 Å². The number of thioether (sulfide) groups is 1. The predicted molar refractivity (Wildman–Crippen MR) is 116 cm³/mol. The van der Waals surface area contributed by atoms with Crippen LogP contribution < -0.4 is 10.6 Å². The highest BCUT2D eigenvalue weighted by atomic mass is 32.2. The van der Waals surface area contributed by atoms with Crippen LogP contribution in [0.4, 0.5) is 10.1 Å². The van der Waals surface area contributed by atoms with Crippen LogP contribution >= 0.6 is 24.0 Å². The summed E-state index contributed by atoms with van der Waals surface area (Å²) < 4.78 is 13.5. The fourth-order valence-electron chi connectivity index (χ4n) is 2.30. The number of anilines is 1. The molecule has 0 unspecified atom stereocenters. The summed E-state index contributed by atoms with van der Waals surface area (Å²) in [6.45, 7) is 0.743. The maximum Gasteiger partial charge on any atom is 0.253 e. The minimum absolute atomic E-state index is 0.0323. The van der Waals surface area contributed by atoms with Crippen molar-refractivity contribution in [2.24, 2.45) is 0 Å². The zero-order valence-corrected chi connectivity index (χ0v) is 17.1. The molecule has 0 spiro atoms. The van der Waals surface area contributed by atoms with Crippen LogP contribution in [0.5, 0.6) is 0 Å². The van der Waals surface area contributed by atoms with Gasteiger partial charge in [-0.3, -0.25) is 4.79 Å². The van der Waals surface area contributed by atoms with E-state index in [1.165, 1.54) is 6.07 Å². The summed E-state index contributed by atoms with van der Waals surface area (Å²) >= 11 is 6.98. The zero-order valence-electron chi connectivity index (χ0n) is 15.5. The van der Waals surface area contributed by atoms with Crippen molar-refractivity contribution in [3.8, 4) is 0 Å². The first-order valence-corrected chi connectivity index (χ1v) is 10.2. The molecule has 27 heavy (non-hydrogen) atoms. The Kier molecular flexibility index (Phi) is 8.54. The maximum atomic E-state index is 13.5. The number of hydrogen-bond donors (Lipinski definition) is 2. The molecule has 0 saturated carbocycles. The Hall–Kier alpha value is -2.12. The van der Waals surface area contributed by atoms with Gasteiger partial charge in [0.15, 0.2) is 5.11 Å². The Bertz CT molecular complexity index is 766. The van der Waals surface area contributed by atoms with E-state index < -0.39 is 0 Å². The van der Waals surface area contributed by atoms with Gasteiger partial charge in [0.05, 0.1) is 0 Å². The fourth-order valence-corrected chi connectivity index (χ4v) is 3.47. The van der Waals surface area contributed by atoms with E-state index in [0.717, 1.165) is 30.0 Å². The molecule has 0 radical (unpaired) electrons. The summed E-state index contributed by atoms with van der Waals surface area (Å²) in [7, 11) is 3.45. The lowest BCUT2D eigenvalue weighted by atomic mass is 10.2. The first kappa shape index (κ1) is 21.2. The summed E-state index contributed by atoms with van der Waals surface area (Å²) in [5, 5.41) is 6.80. The van der Waals surface area contributed by atoms with Gasteiger partial charge in [-0.2, -0.15) is 11.8 Å². The average molecular weight is 406 g/mol. The Balaban J connectivity index is 1.63. The van der Waals surface area contributed by atoms with E-state index in [-0.39, 0.29) is 11.7 Å². The second kappa shape index (κ2) is 10.9. The highest BCUT2D eigenvalue weighted by Gasteiger charge is 2.07. The Labute approximate surface area is 169 Å². The van der Waals surface area contributed by atoms with Gasteiger partial charge in [0.2, 0.25) is 0 Å². The molecule has 144 valence electrons. The monoisotopic (exact) mass is 405 g/mol. The number of hydrogen-bond acceptors (Lipinski definition) is 3. The lowest BCUT2D eigenvalue weighted by Crippen LogP contribution is -2.29. The maximum absolute atomic E-state index is 13.5. The van der Waals surface area contributed by atoms with Gasteiger partial charge in [0, 0.05) is 37.6 Å². The van der Waals surface area contributed by atoms with Crippen molar-refractivity contribution in [2.75, 3.05) is 31.7 Å². The normalized spacial score (nSPS) is 10.3. The number of nitrogens with one attached hydrogen (secondary N) is 2. The van der Waals surface area contributed by atoms with Crippen LogP contribution in [0.3, 0.4) is 0 Å². The number of carbonyl (C=O) groups is 1. The molecule has 4 nitrogen and oxygen atoms in total. The van der Waals surface area contributed by atoms with Crippen molar-refractivity contribution >= 4 is 40.7 Å². The van der Waals surface area contributed by atoms with Gasteiger partial charge >= 0.3 is 0 Å². The number of carbonyl (C=O) groups excluding carboxylic acids is 1. The number of halogens is 1. The number of rotatable bonds is 8. The van der Waals surface area contributed by atoms with Crippen LogP contribution in [0, 0.1) is 5.82 Å². The molecule has 2 N–H and O–H groups in total. The highest BCUT2D eigenvalue weighted by molar-refractivity contribution is 7.98. The number of amides is 1. The van der Waals surface area contributed by atoms with Gasteiger partial charge in [0.1, 0.15) is 5.82 Å². The van der Waals surface area contributed by atoms with Gasteiger partial charge in [0.25, 0.3) is 5.91 Å². The molecule has 2 aromatic carbocycles. The molecule has 0 heterocycles. The quantitative estimate of drug-likeness (QED) is 0.511. The highest BCUT2D eigenvalue weighted by Crippen LogP contribution is 2.16. The molecule has 0 fully saturated rings. The Morgan fingerprint density at radius 3 is 2.52 bits per heavy atom. The van der Waals surface area contributed by atoms with Crippen LogP contribution in [0.2, 0.25) is 0 Å². The second-order valence-electron chi connectivity index (χ2n) is 6.16. The third-order valence-corrected chi connectivity index (χ3v) is 5.10. The van der Waals surface area contributed by atoms with Crippen LogP contribution in [-0.4, -0.2) is 42.3 Å². The summed E-state index contributed by atoms with van der Waals surface area (Å²) in [4.78, 5) is 13.4. The molecule has 1 amide bonds. The SMILES string of the molecule is CN(C)C(=O)c1ccc(NC(=S)NCCCSCc2ccccc2F)cc1. The van der Waals surface area contributed by atoms with Crippen molar-refractivity contribution in [3.63, 3.8) is 0 Å². The molecule has 0 saturated heterocycles. The van der Waals surface area contributed by atoms with E-state index in [4.69, 9.17) is 12.2 Å². The smallest absolute Gasteiger partial charge is 0.253 e. The van der Waals surface area contributed by atoms with E-state index >= 15 is 0 Å². The van der Waals surface area contributed by atoms with Gasteiger partial charge in [-0.05, 0) is 60.3 Å². The molecule has 0 aliphatic carbocycles. The van der Waals surface area contributed by atoms with E-state index in [2.05, 4.69) is 10.6 Å². The third kappa shape index (κ3) is 7.19. The van der Waals surface area contributed by atoms with Gasteiger partial charge in [-0.25, -0.2) is 4.39 Å². The van der Waals surface area contributed by atoms with Gasteiger partial charge < -0.3 is 15.5 Å². The van der Waals surface area contributed by atoms with Crippen molar-refractivity contribution in [2.45, 2.75) is 12.2 Å². The molecule has 2 aromatic rings. The lowest BCUT2D eigenvalue weighted by molar-refractivity contribution is 0.0827. The van der Waals surface area contributed by atoms with Crippen LogP contribution in [0.25, 0.3) is 0 Å². The van der Waals surface area contributed by atoms with E-state index in [1.807, 2.05) is 24.3 Å². The van der Waals surface area contributed by atoms with Crippen LogP contribution in [0.15, 0.2) is 48.5 Å². The topological polar surface area (TPSA) is 44.4 Å². The molecular weight excluding hydrogens is 381 g/mol. The van der Waals surface area contributed by atoms with Crippen molar-refractivity contribution in [1.29, 1.82) is 0 Å². The van der Waals surface area contributed by atoms with Crippen LogP contribution in [0.1, 0.15) is 22.3 Å². The lowest BCUT2D eigenvalue weighted by Gasteiger charge is -2.12. The molecule has 0 atom stereocenters. The van der Waals surface area contributed by atoms with E-state index in [0.29, 0.717) is 16.4 Å². The number of nitrogens with zero attached hydrogens (tertiary/aromatic N) is 1. The summed E-state index contributed by atoms with van der Waals surface area (Å²) in [5.74, 6) is 1.42. The predicted octanol–water partition coefficient (Wildman–Crippen LogP) is 4.14. The third-order valence-electron chi connectivity index (χ3n) is 3.76. The Morgan fingerprint density at radius 1 is 1.15 bits per heavy atom. The van der Waals surface area contributed by atoms with E-state index in [1.54, 1.807) is 49.0 Å². The zero-order chi connectivity index (χ0) is 19.6. The number of benzene rings is 2. The van der Waals surface area contributed by atoms with Crippen molar-refractivity contribution in [1.82, 2.24) is 10.2 Å². The first-order valence-electron chi connectivity index (χ1n) is 8.65. The molecule has 2 rings (SSSR count). The fraction of sp³-hybridized carbons (Fsp3) is 0.300. The Morgan fingerprint density at radius 2 is 1.85 bits per heavy atom. The average Bonchev–Trinajstić information content (AvgIpc) is 2.66. The summed E-state index contributed by atoms with van der Waals surface area (Å²) in [5.41, 5.74) is 2.21.